The summed E-state index contributed by atoms with van der Waals surface area (Å²) in [7, 11) is 1.72. The van der Waals surface area contributed by atoms with E-state index in [1.54, 1.807) is 7.11 Å². The molecule has 7 heavy (non-hydrogen) atoms. The van der Waals surface area contributed by atoms with Crippen LogP contribution in [0.1, 0.15) is 0 Å². The van der Waals surface area contributed by atoms with Crippen LogP contribution in [0.15, 0.2) is 0 Å². The van der Waals surface area contributed by atoms with Gasteiger partial charge in [0.25, 0.3) is 0 Å². The molecule has 1 aliphatic heterocycles. The molecule has 0 amide bonds. The van der Waals surface area contributed by atoms with Gasteiger partial charge in [0.1, 0.15) is 0 Å². The van der Waals surface area contributed by atoms with Gasteiger partial charge >= 0.3 is 0 Å². The molecule has 1 aliphatic rings. The van der Waals surface area contributed by atoms with Gasteiger partial charge in [-0.3, -0.25) is 10.9 Å². The average Bonchev–Trinajstić information content (AvgIpc) is 2.14. The highest BCUT2D eigenvalue weighted by atomic mass is 16.5. The van der Waals surface area contributed by atoms with Crippen LogP contribution in [0.4, 0.5) is 0 Å². The molecular weight excluding hydrogens is 92.1 g/mol. The van der Waals surface area contributed by atoms with Gasteiger partial charge in [-0.05, 0) is 0 Å². The molecule has 1 fully saturated rings. The maximum Gasteiger partial charge on any atom is 0.0847 e. The molecule has 0 aromatic heterocycles. The second-order valence-electron chi connectivity index (χ2n) is 1.62. The lowest BCUT2D eigenvalue weighted by Crippen LogP contribution is -2.21. The summed E-state index contributed by atoms with van der Waals surface area (Å²) in [5.74, 6) is 0. The Morgan fingerprint density at radius 2 is 2.00 bits per heavy atom. The third kappa shape index (κ3) is 1.12. The van der Waals surface area contributed by atoms with Gasteiger partial charge in [0.05, 0.1) is 6.10 Å². The molecule has 1 saturated heterocycles. The minimum atomic E-state index is 0.375. The third-order valence-corrected chi connectivity index (χ3v) is 1.12. The van der Waals surface area contributed by atoms with Crippen molar-refractivity contribution in [3.05, 3.63) is 0 Å². The third-order valence-electron chi connectivity index (χ3n) is 1.12. The van der Waals surface area contributed by atoms with Crippen molar-refractivity contribution in [3.63, 3.8) is 0 Å². The predicted octanol–water partition coefficient (Wildman–Crippen LogP) is -0.891. The first-order valence-corrected chi connectivity index (χ1v) is 2.42. The van der Waals surface area contributed by atoms with Gasteiger partial charge in [-0.25, -0.2) is 0 Å². The van der Waals surface area contributed by atoms with E-state index in [4.69, 9.17) is 4.74 Å². The molecule has 3 heteroatoms. The van der Waals surface area contributed by atoms with Gasteiger partial charge < -0.3 is 4.74 Å². The summed E-state index contributed by atoms with van der Waals surface area (Å²) in [6.07, 6.45) is 0.375. The molecule has 0 bridgehead atoms. The highest BCUT2D eigenvalue weighted by molar-refractivity contribution is 4.67. The van der Waals surface area contributed by atoms with Crippen molar-refractivity contribution >= 4 is 0 Å². The number of hydrogen-bond acceptors (Lipinski definition) is 3. The molecule has 0 saturated carbocycles. The first-order chi connectivity index (χ1) is 3.43. The Morgan fingerprint density at radius 3 is 2.29 bits per heavy atom. The van der Waals surface area contributed by atoms with Crippen molar-refractivity contribution in [3.8, 4) is 0 Å². The molecule has 0 unspecified atom stereocenters. The first-order valence-electron chi connectivity index (χ1n) is 2.42. The number of rotatable bonds is 1. The summed E-state index contributed by atoms with van der Waals surface area (Å²) < 4.78 is 4.99. The highest BCUT2D eigenvalue weighted by Crippen LogP contribution is 1.87. The van der Waals surface area contributed by atoms with E-state index >= 15 is 0 Å². The Kier molecular flexibility index (Phi) is 1.62. The topological polar surface area (TPSA) is 33.3 Å². The molecule has 0 aromatic rings. The number of nitrogens with one attached hydrogen (secondary N) is 2. The fourth-order valence-corrected chi connectivity index (χ4v) is 0.611. The zero-order chi connectivity index (χ0) is 5.11. The van der Waals surface area contributed by atoms with Crippen molar-refractivity contribution < 1.29 is 4.74 Å². The van der Waals surface area contributed by atoms with E-state index in [9.17, 15) is 0 Å². The number of methoxy groups -OCH3 is 1. The zero-order valence-corrected chi connectivity index (χ0v) is 4.40. The molecular formula is C4H10N2O. The van der Waals surface area contributed by atoms with Crippen LogP contribution >= 0.6 is 0 Å². The van der Waals surface area contributed by atoms with Gasteiger partial charge in [-0.15, -0.1) is 0 Å². The van der Waals surface area contributed by atoms with Crippen molar-refractivity contribution in [2.75, 3.05) is 20.2 Å². The predicted molar refractivity (Wildman–Crippen MR) is 26.8 cm³/mol. The lowest BCUT2D eigenvalue weighted by atomic mass is 10.4. The van der Waals surface area contributed by atoms with Crippen LogP contribution in [-0.4, -0.2) is 26.3 Å². The van der Waals surface area contributed by atoms with Crippen LogP contribution in [0.2, 0.25) is 0 Å². The summed E-state index contributed by atoms with van der Waals surface area (Å²) in [5, 5.41) is 0. The molecule has 0 spiro atoms. The lowest BCUT2D eigenvalue weighted by Gasteiger charge is -2.00. The Morgan fingerprint density at radius 1 is 1.43 bits per heavy atom. The summed E-state index contributed by atoms with van der Waals surface area (Å²) in [4.78, 5) is 0. The Hall–Kier alpha value is -0.120. The minimum absolute atomic E-state index is 0.375. The number of hydrogen-bond donors (Lipinski definition) is 2. The van der Waals surface area contributed by atoms with Crippen LogP contribution in [-0.2, 0) is 4.74 Å². The van der Waals surface area contributed by atoms with E-state index in [0.29, 0.717) is 6.10 Å². The van der Waals surface area contributed by atoms with Crippen LogP contribution in [0.3, 0.4) is 0 Å². The van der Waals surface area contributed by atoms with E-state index in [2.05, 4.69) is 10.9 Å². The highest BCUT2D eigenvalue weighted by Gasteiger charge is 2.10. The van der Waals surface area contributed by atoms with Crippen LogP contribution in [0.5, 0.6) is 0 Å². The van der Waals surface area contributed by atoms with Crippen LogP contribution < -0.4 is 10.9 Å². The van der Waals surface area contributed by atoms with Gasteiger partial charge in [-0.2, -0.15) is 0 Å². The van der Waals surface area contributed by atoms with E-state index in [-0.39, 0.29) is 0 Å². The van der Waals surface area contributed by atoms with Gasteiger partial charge in [0.15, 0.2) is 0 Å². The molecule has 0 atom stereocenters. The van der Waals surface area contributed by atoms with Gasteiger partial charge in [0.2, 0.25) is 0 Å². The Labute approximate surface area is 43.0 Å². The Bertz CT molecular complexity index is 51.7. The molecule has 2 N–H and O–H groups in total. The second-order valence-corrected chi connectivity index (χ2v) is 1.62. The lowest BCUT2D eigenvalue weighted by molar-refractivity contribution is 0.128. The smallest absolute Gasteiger partial charge is 0.0847 e. The molecule has 42 valence electrons. The van der Waals surface area contributed by atoms with Gasteiger partial charge in [0, 0.05) is 20.2 Å². The molecule has 0 aliphatic carbocycles. The molecule has 1 rings (SSSR count). The SMILES string of the molecule is COC1CNNC1. The average molecular weight is 102 g/mol. The maximum atomic E-state index is 4.99. The van der Waals surface area contributed by atoms with E-state index in [1.165, 1.54) is 0 Å². The maximum absolute atomic E-state index is 4.99. The van der Waals surface area contributed by atoms with Crippen LogP contribution in [0.25, 0.3) is 0 Å². The van der Waals surface area contributed by atoms with E-state index < -0.39 is 0 Å². The van der Waals surface area contributed by atoms with Crippen molar-refractivity contribution in [2.24, 2.45) is 0 Å². The first kappa shape index (κ1) is 5.03. The monoisotopic (exact) mass is 102 g/mol. The molecule has 3 nitrogen and oxygen atoms in total. The summed E-state index contributed by atoms with van der Waals surface area (Å²) in [6.45, 7) is 1.85. The summed E-state index contributed by atoms with van der Waals surface area (Å²) in [6, 6.07) is 0. The fraction of sp³-hybridized carbons (Fsp3) is 1.00. The van der Waals surface area contributed by atoms with Crippen LogP contribution in [0, 0.1) is 0 Å². The molecule has 0 aromatic carbocycles. The van der Waals surface area contributed by atoms with Crippen molar-refractivity contribution in [2.45, 2.75) is 6.10 Å². The standard InChI is InChI=1S/C4H10N2O/c1-7-4-2-5-6-3-4/h4-6H,2-3H2,1H3. The second kappa shape index (κ2) is 2.26. The van der Waals surface area contributed by atoms with E-state index in [1.807, 2.05) is 0 Å². The minimum Gasteiger partial charge on any atom is -0.379 e. The van der Waals surface area contributed by atoms with Gasteiger partial charge in [-0.1, -0.05) is 0 Å². The Balaban J connectivity index is 2.14. The zero-order valence-electron chi connectivity index (χ0n) is 4.40. The largest absolute Gasteiger partial charge is 0.379 e. The normalized spacial score (nSPS) is 23.6. The number of ether oxygens (including phenoxy) is 1. The van der Waals surface area contributed by atoms with Crippen molar-refractivity contribution in [1.29, 1.82) is 0 Å². The summed E-state index contributed by atoms with van der Waals surface area (Å²) >= 11 is 0. The fourth-order valence-electron chi connectivity index (χ4n) is 0.611. The summed E-state index contributed by atoms with van der Waals surface area (Å²) in [5.41, 5.74) is 5.90. The molecule has 1 heterocycles. The quantitative estimate of drug-likeness (QED) is 0.450. The molecule has 0 radical (unpaired) electrons. The number of hydrazine groups is 1. The van der Waals surface area contributed by atoms with E-state index in [0.717, 1.165) is 13.1 Å². The van der Waals surface area contributed by atoms with Crippen molar-refractivity contribution in [1.82, 2.24) is 10.9 Å².